The van der Waals surface area contributed by atoms with E-state index < -0.39 is 29.2 Å². The molecular weight excluding hydrogens is 328 g/mol. The molecule has 1 N–H and O–H groups in total. The summed E-state index contributed by atoms with van der Waals surface area (Å²) >= 11 is 0. The molecule has 0 bridgehead atoms. The van der Waals surface area contributed by atoms with Crippen LogP contribution in [0.2, 0.25) is 0 Å². The quantitative estimate of drug-likeness (QED) is 0.511. The van der Waals surface area contributed by atoms with Crippen molar-refractivity contribution in [1.82, 2.24) is 9.88 Å². The number of nitro groups is 1. The van der Waals surface area contributed by atoms with Crippen LogP contribution in [0.1, 0.15) is 26.4 Å². The Morgan fingerprint density at radius 3 is 2.56 bits per heavy atom. The van der Waals surface area contributed by atoms with Crippen LogP contribution in [0.4, 0.5) is 11.4 Å². The first-order valence-corrected chi connectivity index (χ1v) is 7.24. The Balaban J connectivity index is 1.76. The van der Waals surface area contributed by atoms with E-state index in [4.69, 9.17) is 0 Å². The lowest BCUT2D eigenvalue weighted by Gasteiger charge is -2.13. The first-order chi connectivity index (χ1) is 11.9. The van der Waals surface area contributed by atoms with Crippen LogP contribution in [-0.4, -0.2) is 39.1 Å². The fourth-order valence-electron chi connectivity index (χ4n) is 2.42. The number of benzene rings is 1. The van der Waals surface area contributed by atoms with Crippen molar-refractivity contribution in [3.05, 3.63) is 63.5 Å². The van der Waals surface area contributed by atoms with Crippen molar-refractivity contribution < 1.29 is 19.3 Å². The van der Waals surface area contributed by atoms with Gasteiger partial charge in [-0.2, -0.15) is 0 Å². The molecule has 1 aliphatic heterocycles. The Morgan fingerprint density at radius 1 is 1.20 bits per heavy atom. The number of anilines is 1. The number of fused-ring (bicyclic) bond motifs is 1. The van der Waals surface area contributed by atoms with Crippen LogP contribution in [-0.2, 0) is 4.79 Å². The van der Waals surface area contributed by atoms with Gasteiger partial charge in [0.25, 0.3) is 17.5 Å². The van der Waals surface area contributed by atoms with Crippen molar-refractivity contribution in [3.8, 4) is 0 Å². The third kappa shape index (κ3) is 3.07. The van der Waals surface area contributed by atoms with Crippen molar-refractivity contribution in [2.75, 3.05) is 11.9 Å². The third-order valence-electron chi connectivity index (χ3n) is 3.66. The summed E-state index contributed by atoms with van der Waals surface area (Å²) in [5.41, 5.74) is 0.879. The fourth-order valence-corrected chi connectivity index (χ4v) is 2.42. The van der Waals surface area contributed by atoms with Gasteiger partial charge in [0, 0.05) is 17.8 Å². The number of carbonyl (C=O) groups excluding carboxylic acids is 3. The second kappa shape index (κ2) is 6.11. The van der Waals surface area contributed by atoms with Crippen LogP contribution in [0.3, 0.4) is 0 Å². The van der Waals surface area contributed by atoms with Gasteiger partial charge < -0.3 is 5.32 Å². The lowest BCUT2D eigenvalue weighted by atomic mass is 10.1. The molecule has 3 amide bonds. The van der Waals surface area contributed by atoms with Crippen LogP contribution in [0.15, 0.2) is 36.5 Å². The van der Waals surface area contributed by atoms with E-state index >= 15 is 0 Å². The second-order valence-corrected chi connectivity index (χ2v) is 5.42. The molecule has 1 aliphatic rings. The number of rotatable bonds is 4. The highest BCUT2D eigenvalue weighted by Gasteiger charge is 2.37. The number of pyridine rings is 1. The second-order valence-electron chi connectivity index (χ2n) is 5.42. The largest absolute Gasteiger partial charge is 0.323 e. The van der Waals surface area contributed by atoms with E-state index in [1.54, 1.807) is 19.1 Å². The zero-order valence-corrected chi connectivity index (χ0v) is 13.1. The number of carbonyl (C=O) groups is 3. The van der Waals surface area contributed by atoms with E-state index in [9.17, 15) is 24.5 Å². The number of aromatic nitrogens is 1. The Hall–Kier alpha value is -3.62. The molecule has 0 saturated heterocycles. The van der Waals surface area contributed by atoms with Gasteiger partial charge >= 0.3 is 0 Å². The summed E-state index contributed by atoms with van der Waals surface area (Å²) in [6, 6.07) is 6.75. The number of aryl methyl sites for hydroxylation is 1. The van der Waals surface area contributed by atoms with Gasteiger partial charge in [0.15, 0.2) is 0 Å². The summed E-state index contributed by atoms with van der Waals surface area (Å²) in [7, 11) is 0. The van der Waals surface area contributed by atoms with Gasteiger partial charge in [-0.1, -0.05) is 0 Å². The fraction of sp³-hybridized carbons (Fsp3) is 0.125. The lowest BCUT2D eigenvalue weighted by molar-refractivity contribution is -0.384. The zero-order chi connectivity index (χ0) is 18.1. The summed E-state index contributed by atoms with van der Waals surface area (Å²) in [6.07, 6.45) is 1.46. The standard InChI is InChI=1S/C16H12N4O5/c1-9-2-3-10(7-17-9)18-14(21)8-19-15(22)12-5-4-11(20(24)25)6-13(12)16(19)23/h2-7H,8H2,1H3,(H,18,21). The number of hydrogen-bond donors (Lipinski definition) is 1. The van der Waals surface area contributed by atoms with Crippen LogP contribution in [0, 0.1) is 17.0 Å². The Labute approximate surface area is 141 Å². The number of non-ortho nitro benzene ring substituents is 1. The zero-order valence-electron chi connectivity index (χ0n) is 13.1. The molecule has 0 spiro atoms. The van der Waals surface area contributed by atoms with Gasteiger partial charge in [0.1, 0.15) is 6.54 Å². The highest BCUT2D eigenvalue weighted by atomic mass is 16.6. The molecule has 0 aliphatic carbocycles. The summed E-state index contributed by atoms with van der Waals surface area (Å²) in [5, 5.41) is 13.3. The average Bonchev–Trinajstić information content (AvgIpc) is 2.81. The normalized spacial score (nSPS) is 12.9. The molecule has 2 aromatic rings. The number of nitro benzene ring substituents is 1. The SMILES string of the molecule is Cc1ccc(NC(=O)CN2C(=O)c3ccc([N+](=O)[O-])cc3C2=O)cn1. The van der Waals surface area contributed by atoms with Gasteiger partial charge in [0.2, 0.25) is 5.91 Å². The van der Waals surface area contributed by atoms with Crippen LogP contribution in [0.5, 0.6) is 0 Å². The minimum Gasteiger partial charge on any atom is -0.323 e. The molecular formula is C16H12N4O5. The summed E-state index contributed by atoms with van der Waals surface area (Å²) in [4.78, 5) is 51.6. The van der Waals surface area contributed by atoms with Gasteiger partial charge in [0.05, 0.1) is 27.9 Å². The summed E-state index contributed by atoms with van der Waals surface area (Å²) < 4.78 is 0. The Morgan fingerprint density at radius 2 is 1.92 bits per heavy atom. The van der Waals surface area contributed by atoms with E-state index in [2.05, 4.69) is 10.3 Å². The van der Waals surface area contributed by atoms with Crippen molar-refractivity contribution in [2.24, 2.45) is 0 Å². The molecule has 0 saturated carbocycles. The summed E-state index contributed by atoms with van der Waals surface area (Å²) in [6.45, 7) is 1.30. The highest BCUT2D eigenvalue weighted by Crippen LogP contribution is 2.26. The molecule has 25 heavy (non-hydrogen) atoms. The molecule has 1 aromatic carbocycles. The highest BCUT2D eigenvalue weighted by molar-refractivity contribution is 6.23. The maximum atomic E-state index is 12.3. The molecule has 9 heteroatoms. The van der Waals surface area contributed by atoms with E-state index in [1.165, 1.54) is 12.3 Å². The van der Waals surface area contributed by atoms with Crippen LogP contribution < -0.4 is 5.32 Å². The molecule has 126 valence electrons. The van der Waals surface area contributed by atoms with E-state index in [0.717, 1.165) is 22.7 Å². The van der Waals surface area contributed by atoms with Crippen LogP contribution >= 0.6 is 0 Å². The third-order valence-corrected chi connectivity index (χ3v) is 3.66. The van der Waals surface area contributed by atoms with E-state index in [1.807, 2.05) is 0 Å². The van der Waals surface area contributed by atoms with E-state index in [-0.39, 0.29) is 16.8 Å². The number of nitrogens with zero attached hydrogens (tertiary/aromatic N) is 3. The molecule has 0 atom stereocenters. The van der Waals surface area contributed by atoms with E-state index in [0.29, 0.717) is 5.69 Å². The van der Waals surface area contributed by atoms with Gasteiger partial charge in [-0.25, -0.2) is 0 Å². The van der Waals surface area contributed by atoms with Gasteiger partial charge in [-0.15, -0.1) is 0 Å². The van der Waals surface area contributed by atoms with Crippen molar-refractivity contribution in [1.29, 1.82) is 0 Å². The number of amides is 3. The van der Waals surface area contributed by atoms with Crippen molar-refractivity contribution >= 4 is 29.1 Å². The molecule has 1 aromatic heterocycles. The smallest absolute Gasteiger partial charge is 0.270 e. The lowest BCUT2D eigenvalue weighted by Crippen LogP contribution is -2.37. The van der Waals surface area contributed by atoms with Gasteiger partial charge in [-0.05, 0) is 25.1 Å². The molecule has 9 nitrogen and oxygen atoms in total. The number of imide groups is 1. The Bertz CT molecular complexity index is 907. The monoisotopic (exact) mass is 340 g/mol. The van der Waals surface area contributed by atoms with Crippen LogP contribution in [0.25, 0.3) is 0 Å². The molecule has 0 radical (unpaired) electrons. The number of nitrogens with one attached hydrogen (secondary N) is 1. The average molecular weight is 340 g/mol. The maximum Gasteiger partial charge on any atom is 0.270 e. The number of hydrogen-bond acceptors (Lipinski definition) is 6. The summed E-state index contributed by atoms with van der Waals surface area (Å²) in [5.74, 6) is -1.97. The molecule has 0 fully saturated rings. The van der Waals surface area contributed by atoms with Gasteiger partial charge in [-0.3, -0.25) is 34.4 Å². The topological polar surface area (TPSA) is 123 Å². The van der Waals surface area contributed by atoms with Crippen molar-refractivity contribution in [2.45, 2.75) is 6.92 Å². The minimum absolute atomic E-state index is 0.0420. The first kappa shape index (κ1) is 16.2. The Kier molecular flexibility index (Phi) is 3.97. The predicted octanol–water partition coefficient (Wildman–Crippen LogP) is 1.53. The molecule has 2 heterocycles. The first-order valence-electron chi connectivity index (χ1n) is 7.24. The van der Waals surface area contributed by atoms with Crippen molar-refractivity contribution in [3.63, 3.8) is 0 Å². The maximum absolute atomic E-state index is 12.3. The minimum atomic E-state index is -0.735. The predicted molar refractivity (Wildman–Crippen MR) is 86.1 cm³/mol. The molecule has 0 unspecified atom stereocenters. The molecule has 3 rings (SSSR count).